The largest absolute Gasteiger partial charge is 0.385 e. The van der Waals surface area contributed by atoms with Gasteiger partial charge in [-0.3, -0.25) is 9.69 Å². The Morgan fingerprint density at radius 1 is 1.37 bits per heavy atom. The minimum absolute atomic E-state index is 0.175. The molecule has 1 saturated heterocycles. The molecule has 0 bridgehead atoms. The molecular formula is C15H28N2O2. The summed E-state index contributed by atoms with van der Waals surface area (Å²) in [5, 5.41) is 3.00. The first-order valence-corrected chi connectivity index (χ1v) is 7.73. The monoisotopic (exact) mass is 268 g/mol. The maximum atomic E-state index is 12.0. The Bertz CT molecular complexity index is 296. The third-order valence-corrected chi connectivity index (χ3v) is 4.68. The number of hydrogen-bond donors (Lipinski definition) is 1. The first-order valence-electron chi connectivity index (χ1n) is 7.73. The average molecular weight is 268 g/mol. The van der Waals surface area contributed by atoms with Gasteiger partial charge in [0.15, 0.2) is 0 Å². The fourth-order valence-electron chi connectivity index (χ4n) is 3.74. The predicted octanol–water partition coefficient (Wildman–Crippen LogP) is 1.79. The van der Waals surface area contributed by atoms with E-state index in [4.69, 9.17) is 4.74 Å². The maximum absolute atomic E-state index is 12.0. The molecule has 1 aliphatic carbocycles. The normalized spacial score (nSPS) is 31.2. The van der Waals surface area contributed by atoms with Gasteiger partial charge in [-0.15, -0.1) is 0 Å². The zero-order valence-electron chi connectivity index (χ0n) is 12.4. The van der Waals surface area contributed by atoms with Crippen LogP contribution in [0.3, 0.4) is 0 Å². The summed E-state index contributed by atoms with van der Waals surface area (Å²) in [4.78, 5) is 14.4. The van der Waals surface area contributed by atoms with Gasteiger partial charge >= 0.3 is 0 Å². The molecule has 4 heteroatoms. The van der Waals surface area contributed by atoms with E-state index in [0.717, 1.165) is 18.9 Å². The lowest BCUT2D eigenvalue weighted by atomic mass is 9.85. The molecule has 19 heavy (non-hydrogen) atoms. The molecule has 3 atom stereocenters. The third kappa shape index (κ3) is 3.93. The number of carbonyl (C=O) groups excluding carboxylic acids is 1. The highest BCUT2D eigenvalue weighted by Crippen LogP contribution is 2.39. The van der Waals surface area contributed by atoms with Crippen LogP contribution < -0.4 is 5.32 Å². The molecule has 0 spiro atoms. The van der Waals surface area contributed by atoms with Crippen molar-refractivity contribution < 1.29 is 9.53 Å². The van der Waals surface area contributed by atoms with E-state index in [2.05, 4.69) is 17.1 Å². The molecule has 0 aromatic heterocycles. The fraction of sp³-hybridized carbons (Fsp3) is 0.933. The van der Waals surface area contributed by atoms with E-state index in [9.17, 15) is 4.79 Å². The number of hydrogen-bond acceptors (Lipinski definition) is 3. The number of methoxy groups -OCH3 is 1. The number of fused-ring (bicyclic) bond motifs is 1. The van der Waals surface area contributed by atoms with Crippen LogP contribution in [0.4, 0.5) is 0 Å². The molecule has 0 aromatic carbocycles. The van der Waals surface area contributed by atoms with Crippen LogP contribution in [0, 0.1) is 5.92 Å². The Morgan fingerprint density at radius 3 is 2.95 bits per heavy atom. The number of nitrogens with zero attached hydrogens (tertiary/aromatic N) is 1. The molecule has 0 aromatic rings. The van der Waals surface area contributed by atoms with Gasteiger partial charge in [0, 0.05) is 32.3 Å². The Balaban J connectivity index is 1.76. The number of nitrogens with one attached hydrogen (secondary N) is 1. The van der Waals surface area contributed by atoms with Crippen molar-refractivity contribution in [1.82, 2.24) is 10.2 Å². The summed E-state index contributed by atoms with van der Waals surface area (Å²) in [5.74, 6) is 1.01. The van der Waals surface area contributed by atoms with E-state index in [0.29, 0.717) is 25.2 Å². The second-order valence-corrected chi connectivity index (χ2v) is 6.07. The molecule has 0 unspecified atom stereocenters. The molecule has 1 amide bonds. The van der Waals surface area contributed by atoms with Crippen molar-refractivity contribution in [2.45, 2.75) is 57.5 Å². The Morgan fingerprint density at radius 2 is 2.16 bits per heavy atom. The quantitative estimate of drug-likeness (QED) is 0.747. The van der Waals surface area contributed by atoms with Gasteiger partial charge < -0.3 is 10.1 Å². The number of amides is 1. The second-order valence-electron chi connectivity index (χ2n) is 6.07. The molecule has 110 valence electrons. The highest BCUT2D eigenvalue weighted by molar-refractivity contribution is 5.78. The second kappa shape index (κ2) is 7.25. The lowest BCUT2D eigenvalue weighted by Gasteiger charge is -2.32. The molecule has 1 aliphatic heterocycles. The van der Waals surface area contributed by atoms with Crippen molar-refractivity contribution in [2.24, 2.45) is 5.92 Å². The molecular weight excluding hydrogens is 240 g/mol. The Hall–Kier alpha value is -0.610. The zero-order chi connectivity index (χ0) is 13.7. The van der Waals surface area contributed by atoms with Crippen molar-refractivity contribution in [3.8, 4) is 0 Å². The van der Waals surface area contributed by atoms with Crippen molar-refractivity contribution in [1.29, 1.82) is 0 Å². The minimum Gasteiger partial charge on any atom is -0.385 e. The van der Waals surface area contributed by atoms with Gasteiger partial charge in [-0.1, -0.05) is 12.8 Å². The topological polar surface area (TPSA) is 41.6 Å². The van der Waals surface area contributed by atoms with E-state index in [1.165, 1.54) is 32.1 Å². The summed E-state index contributed by atoms with van der Waals surface area (Å²) in [6.45, 7) is 4.29. The fourth-order valence-corrected chi connectivity index (χ4v) is 3.74. The SMILES string of the molecule is COCCCNC(=O)CN1[C@H](C)C[C@@H]2CCCC[C@H]21. The highest BCUT2D eigenvalue weighted by Gasteiger charge is 2.40. The summed E-state index contributed by atoms with van der Waals surface area (Å²) in [7, 11) is 1.69. The lowest BCUT2D eigenvalue weighted by Crippen LogP contribution is -2.44. The Labute approximate surface area is 116 Å². The number of rotatable bonds is 6. The van der Waals surface area contributed by atoms with Crippen LogP contribution in [0.25, 0.3) is 0 Å². The van der Waals surface area contributed by atoms with E-state index >= 15 is 0 Å². The van der Waals surface area contributed by atoms with Crippen LogP contribution in [0.15, 0.2) is 0 Å². The first kappa shape index (κ1) is 14.8. The van der Waals surface area contributed by atoms with Gasteiger partial charge in [-0.05, 0) is 38.5 Å². The standard InChI is InChI=1S/C15H28N2O2/c1-12-10-13-6-3-4-7-14(13)17(12)11-15(18)16-8-5-9-19-2/h12-14H,3-11H2,1-2H3,(H,16,18)/t12-,13+,14-/m1/s1. The summed E-state index contributed by atoms with van der Waals surface area (Å²) >= 11 is 0. The van der Waals surface area contributed by atoms with Gasteiger partial charge in [0.25, 0.3) is 0 Å². The average Bonchev–Trinajstić information content (AvgIpc) is 2.72. The van der Waals surface area contributed by atoms with Gasteiger partial charge in [0.1, 0.15) is 0 Å². The smallest absolute Gasteiger partial charge is 0.234 e. The summed E-state index contributed by atoms with van der Waals surface area (Å²) in [6, 6.07) is 1.23. The van der Waals surface area contributed by atoms with Crippen molar-refractivity contribution in [3.05, 3.63) is 0 Å². The molecule has 1 saturated carbocycles. The van der Waals surface area contributed by atoms with Crippen LogP contribution in [0.1, 0.15) is 45.4 Å². The number of ether oxygens (including phenoxy) is 1. The van der Waals surface area contributed by atoms with Gasteiger partial charge in [0.05, 0.1) is 6.54 Å². The van der Waals surface area contributed by atoms with Crippen LogP contribution in [-0.4, -0.2) is 49.7 Å². The van der Waals surface area contributed by atoms with Crippen molar-refractivity contribution in [3.63, 3.8) is 0 Å². The van der Waals surface area contributed by atoms with E-state index in [1.54, 1.807) is 7.11 Å². The molecule has 1 N–H and O–H groups in total. The molecule has 2 fully saturated rings. The highest BCUT2D eigenvalue weighted by atomic mass is 16.5. The van der Waals surface area contributed by atoms with Crippen LogP contribution in [0.5, 0.6) is 0 Å². The number of carbonyl (C=O) groups is 1. The van der Waals surface area contributed by atoms with Crippen LogP contribution in [-0.2, 0) is 9.53 Å². The molecule has 1 heterocycles. The third-order valence-electron chi connectivity index (χ3n) is 4.68. The van der Waals surface area contributed by atoms with Crippen LogP contribution in [0.2, 0.25) is 0 Å². The predicted molar refractivity (Wildman–Crippen MR) is 76.0 cm³/mol. The molecule has 2 aliphatic rings. The maximum Gasteiger partial charge on any atom is 0.234 e. The summed E-state index contributed by atoms with van der Waals surface area (Å²) in [6.07, 6.45) is 7.53. The lowest BCUT2D eigenvalue weighted by molar-refractivity contribution is -0.123. The van der Waals surface area contributed by atoms with Crippen molar-refractivity contribution in [2.75, 3.05) is 26.8 Å². The van der Waals surface area contributed by atoms with E-state index < -0.39 is 0 Å². The van der Waals surface area contributed by atoms with E-state index in [-0.39, 0.29) is 5.91 Å². The molecule has 0 radical (unpaired) electrons. The zero-order valence-corrected chi connectivity index (χ0v) is 12.4. The number of likely N-dealkylation sites (tertiary alicyclic amines) is 1. The van der Waals surface area contributed by atoms with E-state index in [1.807, 2.05) is 0 Å². The first-order chi connectivity index (χ1) is 9.22. The molecule has 2 rings (SSSR count). The van der Waals surface area contributed by atoms with Crippen molar-refractivity contribution >= 4 is 5.91 Å². The van der Waals surface area contributed by atoms with Gasteiger partial charge in [0.2, 0.25) is 5.91 Å². The minimum atomic E-state index is 0.175. The Kier molecular flexibility index (Phi) is 5.64. The van der Waals surface area contributed by atoms with Crippen LogP contribution >= 0.6 is 0 Å². The summed E-state index contributed by atoms with van der Waals surface area (Å²) in [5.41, 5.74) is 0. The van der Waals surface area contributed by atoms with Gasteiger partial charge in [-0.25, -0.2) is 0 Å². The molecule has 4 nitrogen and oxygen atoms in total. The van der Waals surface area contributed by atoms with Gasteiger partial charge in [-0.2, -0.15) is 0 Å². The summed E-state index contributed by atoms with van der Waals surface area (Å²) < 4.78 is 4.98.